The van der Waals surface area contributed by atoms with Crippen molar-refractivity contribution in [2.45, 2.75) is 44.6 Å². The number of halogens is 1. The normalized spacial score (nSPS) is 19.4. The Kier molecular flexibility index (Phi) is 4.85. The summed E-state index contributed by atoms with van der Waals surface area (Å²) in [5, 5.41) is 10.5. The third kappa shape index (κ3) is 3.04. The van der Waals surface area contributed by atoms with Crippen LogP contribution in [0.15, 0.2) is 24.3 Å². The molecule has 8 heteroatoms. The molecule has 7 nitrogen and oxygen atoms in total. The number of hydrogen-bond donors (Lipinski definition) is 2. The highest BCUT2D eigenvalue weighted by molar-refractivity contribution is 6.31. The largest absolute Gasteiger partial charge is 0.449 e. The van der Waals surface area contributed by atoms with Gasteiger partial charge in [-0.15, -0.1) is 0 Å². The van der Waals surface area contributed by atoms with Crippen LogP contribution < -0.4 is 10.3 Å². The van der Waals surface area contributed by atoms with E-state index in [0.29, 0.717) is 23.6 Å². The fraction of sp³-hybridized carbons (Fsp3) is 0.471. The number of anilines is 1. The lowest BCUT2D eigenvalue weighted by molar-refractivity contribution is 0.0800. The monoisotopic (exact) mass is 364 g/mol. The Labute approximate surface area is 151 Å². The average Bonchev–Trinajstić information content (AvgIpc) is 2.79. The van der Waals surface area contributed by atoms with Crippen molar-refractivity contribution in [3.05, 3.63) is 29.3 Å². The molecule has 1 aliphatic carbocycles. The maximum Gasteiger partial charge on any atom is 0.426 e. The first kappa shape index (κ1) is 17.5. The number of carbonyl (C=O) groups is 2. The second-order valence-corrected chi connectivity index (χ2v) is 6.64. The van der Waals surface area contributed by atoms with Gasteiger partial charge in [0, 0.05) is 5.02 Å². The van der Waals surface area contributed by atoms with Crippen LogP contribution in [0, 0.1) is 5.41 Å². The molecule has 1 saturated carbocycles. The Morgan fingerprint density at radius 2 is 1.92 bits per heavy atom. The molecule has 2 N–H and O–H groups in total. The zero-order chi connectivity index (χ0) is 18.0. The maximum atomic E-state index is 13.0. The molecule has 0 atom stereocenters. The van der Waals surface area contributed by atoms with E-state index in [0.717, 1.165) is 19.3 Å². The Hall–Kier alpha value is -2.28. The summed E-state index contributed by atoms with van der Waals surface area (Å²) in [7, 11) is 0. The molecule has 2 fully saturated rings. The van der Waals surface area contributed by atoms with Crippen molar-refractivity contribution in [1.29, 1.82) is 5.41 Å². The second-order valence-electron chi connectivity index (χ2n) is 6.20. The van der Waals surface area contributed by atoms with Crippen molar-refractivity contribution in [2.75, 3.05) is 11.5 Å². The SMILES string of the molecule is CCOC(=O)NN1C(=O)N(c2ccc(Cl)cc2)C(=N)C12CCCCC2. The summed E-state index contributed by atoms with van der Waals surface area (Å²) in [6.45, 7) is 1.91. The van der Waals surface area contributed by atoms with Crippen LogP contribution in [0.4, 0.5) is 15.3 Å². The molecule has 0 aromatic heterocycles. The molecule has 2 aliphatic rings. The number of urea groups is 1. The smallest absolute Gasteiger partial charge is 0.426 e. The summed E-state index contributed by atoms with van der Waals surface area (Å²) in [4.78, 5) is 26.3. The fourth-order valence-electron chi connectivity index (χ4n) is 3.53. The Morgan fingerprint density at radius 3 is 2.52 bits per heavy atom. The third-order valence-electron chi connectivity index (χ3n) is 4.72. The van der Waals surface area contributed by atoms with Crippen LogP contribution in [0.25, 0.3) is 0 Å². The van der Waals surface area contributed by atoms with Gasteiger partial charge < -0.3 is 4.74 Å². The summed E-state index contributed by atoms with van der Waals surface area (Å²) in [5.41, 5.74) is 2.27. The van der Waals surface area contributed by atoms with E-state index in [1.807, 2.05) is 0 Å². The van der Waals surface area contributed by atoms with Crippen molar-refractivity contribution in [2.24, 2.45) is 0 Å². The van der Waals surface area contributed by atoms with Crippen molar-refractivity contribution in [3.63, 3.8) is 0 Å². The Morgan fingerprint density at radius 1 is 1.28 bits per heavy atom. The van der Waals surface area contributed by atoms with E-state index in [2.05, 4.69) is 5.43 Å². The summed E-state index contributed by atoms with van der Waals surface area (Å²) in [6, 6.07) is 6.28. The standard InChI is InChI=1S/C17H21ClN4O3/c1-2-25-15(23)20-22-16(24)21(13-8-6-12(18)7-9-13)14(19)17(22)10-4-3-5-11-17/h6-9,19H,2-5,10-11H2,1H3,(H,20,23). The summed E-state index contributed by atoms with van der Waals surface area (Å²) >= 11 is 5.92. The topological polar surface area (TPSA) is 85.7 Å². The van der Waals surface area contributed by atoms with E-state index in [4.69, 9.17) is 21.7 Å². The molecule has 3 rings (SSSR count). The van der Waals surface area contributed by atoms with Gasteiger partial charge in [0.1, 0.15) is 11.4 Å². The van der Waals surface area contributed by atoms with Crippen LogP contribution in [0.2, 0.25) is 5.02 Å². The van der Waals surface area contributed by atoms with E-state index >= 15 is 0 Å². The quantitative estimate of drug-likeness (QED) is 0.852. The predicted molar refractivity (Wildman–Crippen MR) is 94.9 cm³/mol. The van der Waals surface area contributed by atoms with Crippen molar-refractivity contribution in [3.8, 4) is 0 Å². The summed E-state index contributed by atoms with van der Waals surface area (Å²) in [6.07, 6.45) is 3.42. The number of ether oxygens (including phenoxy) is 1. The van der Waals surface area contributed by atoms with Crippen LogP contribution in [0.3, 0.4) is 0 Å². The van der Waals surface area contributed by atoms with E-state index in [1.54, 1.807) is 31.2 Å². The number of hydrazine groups is 1. The number of amides is 3. The van der Waals surface area contributed by atoms with Crippen LogP contribution in [0.5, 0.6) is 0 Å². The number of carbonyl (C=O) groups excluding carboxylic acids is 2. The third-order valence-corrected chi connectivity index (χ3v) is 4.97. The molecule has 1 aromatic carbocycles. The molecule has 1 spiro atoms. The highest BCUT2D eigenvalue weighted by Crippen LogP contribution is 2.41. The molecule has 25 heavy (non-hydrogen) atoms. The van der Waals surface area contributed by atoms with Crippen LogP contribution in [-0.2, 0) is 4.74 Å². The van der Waals surface area contributed by atoms with Gasteiger partial charge in [0.2, 0.25) is 0 Å². The Bertz CT molecular complexity index is 686. The number of rotatable bonds is 3. The van der Waals surface area contributed by atoms with Gasteiger partial charge in [-0.25, -0.2) is 24.9 Å². The number of hydrogen-bond acceptors (Lipinski definition) is 4. The minimum atomic E-state index is -0.832. The first-order chi connectivity index (χ1) is 12.0. The summed E-state index contributed by atoms with van der Waals surface area (Å²) < 4.78 is 4.93. The molecule has 0 bridgehead atoms. The lowest BCUT2D eigenvalue weighted by atomic mass is 9.81. The van der Waals surface area contributed by atoms with Crippen molar-refractivity contribution in [1.82, 2.24) is 10.4 Å². The molecule has 1 heterocycles. The molecular formula is C17H21ClN4O3. The van der Waals surface area contributed by atoms with Gasteiger partial charge >= 0.3 is 12.1 Å². The minimum Gasteiger partial charge on any atom is -0.449 e. The molecule has 134 valence electrons. The van der Waals surface area contributed by atoms with Gasteiger partial charge in [-0.3, -0.25) is 5.41 Å². The van der Waals surface area contributed by atoms with Crippen LogP contribution in [-0.4, -0.2) is 35.1 Å². The average molecular weight is 365 g/mol. The number of benzene rings is 1. The zero-order valence-electron chi connectivity index (χ0n) is 14.0. The molecular weight excluding hydrogens is 344 g/mol. The van der Waals surface area contributed by atoms with Crippen molar-refractivity contribution >= 4 is 35.2 Å². The van der Waals surface area contributed by atoms with E-state index < -0.39 is 17.7 Å². The van der Waals surface area contributed by atoms with Crippen molar-refractivity contribution < 1.29 is 14.3 Å². The summed E-state index contributed by atoms with van der Waals surface area (Å²) in [5.74, 6) is 0.177. The minimum absolute atomic E-state index is 0.177. The van der Waals surface area contributed by atoms with Gasteiger partial charge in [0.15, 0.2) is 0 Å². The lowest BCUT2D eigenvalue weighted by Crippen LogP contribution is -2.58. The molecule has 3 amide bonds. The zero-order valence-corrected chi connectivity index (χ0v) is 14.8. The molecule has 1 aromatic rings. The first-order valence-electron chi connectivity index (χ1n) is 8.42. The molecule has 0 radical (unpaired) electrons. The molecule has 1 aliphatic heterocycles. The van der Waals surface area contributed by atoms with E-state index in [-0.39, 0.29) is 12.4 Å². The van der Waals surface area contributed by atoms with Gasteiger partial charge in [-0.2, -0.15) is 0 Å². The maximum absolute atomic E-state index is 13.0. The van der Waals surface area contributed by atoms with E-state index in [1.165, 1.54) is 9.91 Å². The fourth-order valence-corrected chi connectivity index (χ4v) is 3.65. The molecule has 0 unspecified atom stereocenters. The van der Waals surface area contributed by atoms with Crippen LogP contribution >= 0.6 is 11.6 Å². The number of nitrogens with zero attached hydrogens (tertiary/aromatic N) is 2. The van der Waals surface area contributed by atoms with Gasteiger partial charge in [0.05, 0.1) is 12.3 Å². The highest BCUT2D eigenvalue weighted by atomic mass is 35.5. The van der Waals surface area contributed by atoms with Crippen LogP contribution in [0.1, 0.15) is 39.0 Å². The predicted octanol–water partition coefficient (Wildman–Crippen LogP) is 3.92. The van der Waals surface area contributed by atoms with Gasteiger partial charge in [-0.05, 0) is 44.0 Å². The number of amidine groups is 1. The molecule has 1 saturated heterocycles. The van der Waals surface area contributed by atoms with Gasteiger partial charge in [-0.1, -0.05) is 30.9 Å². The highest BCUT2D eigenvalue weighted by Gasteiger charge is 2.56. The lowest BCUT2D eigenvalue weighted by Gasteiger charge is -2.38. The first-order valence-corrected chi connectivity index (χ1v) is 8.80. The number of nitrogens with one attached hydrogen (secondary N) is 2. The van der Waals surface area contributed by atoms with Gasteiger partial charge in [0.25, 0.3) is 0 Å². The second kappa shape index (κ2) is 6.92. The van der Waals surface area contributed by atoms with E-state index in [9.17, 15) is 9.59 Å². The Balaban J connectivity index is 1.96.